The Morgan fingerprint density at radius 2 is 2.06 bits per heavy atom. The van der Waals surface area contributed by atoms with E-state index in [4.69, 9.17) is 0 Å². The van der Waals surface area contributed by atoms with Crippen LogP contribution in [0.3, 0.4) is 0 Å². The molecule has 1 heterocycles. The zero-order valence-corrected chi connectivity index (χ0v) is 10.6. The molecule has 0 aliphatic heterocycles. The van der Waals surface area contributed by atoms with Gasteiger partial charge in [0, 0.05) is 13.0 Å². The molecule has 3 heteroatoms. The van der Waals surface area contributed by atoms with Crippen LogP contribution >= 0.6 is 0 Å². The lowest BCUT2D eigenvalue weighted by Gasteiger charge is -2.03. The van der Waals surface area contributed by atoms with Gasteiger partial charge in [-0.15, -0.1) is 0 Å². The average molecular weight is 240 g/mol. The van der Waals surface area contributed by atoms with E-state index in [1.54, 1.807) is 10.9 Å². The maximum Gasteiger partial charge on any atom is 0.184 e. The van der Waals surface area contributed by atoms with E-state index in [2.05, 4.69) is 17.2 Å². The van der Waals surface area contributed by atoms with Crippen molar-refractivity contribution in [3.63, 3.8) is 0 Å². The van der Waals surface area contributed by atoms with Crippen LogP contribution in [-0.2, 0) is 7.05 Å². The van der Waals surface area contributed by atoms with Gasteiger partial charge in [0.2, 0.25) is 0 Å². The molecule has 1 aliphatic carbocycles. The number of hydrogen-bond donors (Lipinski definition) is 0. The van der Waals surface area contributed by atoms with Crippen molar-refractivity contribution in [3.05, 3.63) is 53.3 Å². The Balaban J connectivity index is 1.81. The summed E-state index contributed by atoms with van der Waals surface area (Å²) in [7, 11) is 1.83. The van der Waals surface area contributed by atoms with Crippen molar-refractivity contribution in [2.75, 3.05) is 0 Å². The molecular weight excluding hydrogens is 224 g/mol. The van der Waals surface area contributed by atoms with E-state index in [1.807, 2.05) is 32.2 Å². The number of benzene rings is 1. The highest BCUT2D eigenvalue weighted by atomic mass is 16.1. The third-order valence-corrected chi connectivity index (χ3v) is 3.71. The monoisotopic (exact) mass is 240 g/mol. The first kappa shape index (κ1) is 11.2. The predicted octanol–water partition coefficient (Wildman–Crippen LogP) is 2.71. The van der Waals surface area contributed by atoms with Crippen LogP contribution in [0.1, 0.15) is 34.0 Å². The number of nitrogens with zero attached hydrogens (tertiary/aromatic N) is 2. The lowest BCUT2D eigenvalue weighted by molar-refractivity contribution is 0.0955. The number of hydrogen-bond acceptors (Lipinski definition) is 2. The molecule has 0 N–H and O–H groups in total. The third kappa shape index (κ3) is 1.76. The molecular formula is C15H16N2O. The standard InChI is InChI=1S/C15H16N2O/c1-10-9-16-17(2)14(10)15(18)13-8-12(13)11-6-4-3-5-7-11/h3-7,9,12-13H,8H2,1-2H3. The molecule has 18 heavy (non-hydrogen) atoms. The van der Waals surface area contributed by atoms with E-state index in [1.165, 1.54) is 5.56 Å². The second-order valence-corrected chi connectivity index (χ2v) is 5.02. The number of aromatic nitrogens is 2. The summed E-state index contributed by atoms with van der Waals surface area (Å²) in [6, 6.07) is 10.3. The lowest BCUT2D eigenvalue weighted by atomic mass is 10.0. The first-order valence-electron chi connectivity index (χ1n) is 6.26. The minimum absolute atomic E-state index is 0.140. The summed E-state index contributed by atoms with van der Waals surface area (Å²) < 4.78 is 1.69. The Kier molecular flexibility index (Phi) is 2.54. The summed E-state index contributed by atoms with van der Waals surface area (Å²) >= 11 is 0. The molecule has 0 saturated heterocycles. The zero-order chi connectivity index (χ0) is 12.7. The van der Waals surface area contributed by atoms with Gasteiger partial charge >= 0.3 is 0 Å². The second-order valence-electron chi connectivity index (χ2n) is 5.02. The number of aryl methyl sites for hydroxylation is 2. The van der Waals surface area contributed by atoms with Crippen molar-refractivity contribution < 1.29 is 4.79 Å². The topological polar surface area (TPSA) is 34.9 Å². The molecule has 0 amide bonds. The number of carbonyl (C=O) groups is 1. The van der Waals surface area contributed by atoms with Crippen molar-refractivity contribution in [1.29, 1.82) is 0 Å². The molecule has 1 aromatic heterocycles. The highest BCUT2D eigenvalue weighted by molar-refractivity contribution is 6.00. The number of rotatable bonds is 3. The van der Waals surface area contributed by atoms with Gasteiger partial charge in [-0.25, -0.2) is 0 Å². The van der Waals surface area contributed by atoms with Crippen LogP contribution in [-0.4, -0.2) is 15.6 Å². The first-order chi connectivity index (χ1) is 8.68. The van der Waals surface area contributed by atoms with Crippen LogP contribution in [0.4, 0.5) is 0 Å². The van der Waals surface area contributed by atoms with Crippen LogP contribution in [0.15, 0.2) is 36.5 Å². The number of Topliss-reactive ketones (excluding diaryl/α,β-unsaturated/α-hetero) is 1. The smallest absolute Gasteiger partial charge is 0.184 e. The SMILES string of the molecule is Cc1cnn(C)c1C(=O)C1CC1c1ccccc1. The molecule has 2 aromatic rings. The molecule has 1 fully saturated rings. The average Bonchev–Trinajstić information content (AvgIpc) is 3.11. The predicted molar refractivity (Wildman–Crippen MR) is 69.6 cm³/mol. The summed E-state index contributed by atoms with van der Waals surface area (Å²) in [6.45, 7) is 1.94. The van der Waals surface area contributed by atoms with Crippen molar-refractivity contribution >= 4 is 5.78 Å². The fraction of sp³-hybridized carbons (Fsp3) is 0.333. The van der Waals surface area contributed by atoms with E-state index >= 15 is 0 Å². The molecule has 3 rings (SSSR count). The van der Waals surface area contributed by atoms with E-state index in [0.717, 1.165) is 17.7 Å². The van der Waals surface area contributed by atoms with Gasteiger partial charge in [0.15, 0.2) is 5.78 Å². The van der Waals surface area contributed by atoms with Gasteiger partial charge in [-0.05, 0) is 30.4 Å². The van der Waals surface area contributed by atoms with Crippen molar-refractivity contribution in [1.82, 2.24) is 9.78 Å². The highest BCUT2D eigenvalue weighted by Gasteiger charge is 2.45. The Morgan fingerprint density at radius 1 is 1.33 bits per heavy atom. The summed E-state index contributed by atoms with van der Waals surface area (Å²) in [6.07, 6.45) is 2.72. The van der Waals surface area contributed by atoms with Crippen LogP contribution in [0.5, 0.6) is 0 Å². The fourth-order valence-electron chi connectivity index (χ4n) is 2.63. The molecule has 2 atom stereocenters. The van der Waals surface area contributed by atoms with Crippen LogP contribution in [0.2, 0.25) is 0 Å². The zero-order valence-electron chi connectivity index (χ0n) is 10.6. The molecule has 92 valence electrons. The fourth-order valence-corrected chi connectivity index (χ4v) is 2.63. The maximum atomic E-state index is 12.4. The van der Waals surface area contributed by atoms with Gasteiger partial charge < -0.3 is 0 Å². The summed E-state index contributed by atoms with van der Waals surface area (Å²) in [4.78, 5) is 12.4. The quantitative estimate of drug-likeness (QED) is 0.773. The Labute approximate surface area is 106 Å². The first-order valence-corrected chi connectivity index (χ1v) is 6.26. The largest absolute Gasteiger partial charge is 0.292 e. The molecule has 1 aromatic carbocycles. The van der Waals surface area contributed by atoms with E-state index in [0.29, 0.717) is 5.92 Å². The minimum atomic E-state index is 0.140. The molecule has 1 aliphatic rings. The molecule has 3 nitrogen and oxygen atoms in total. The minimum Gasteiger partial charge on any atom is -0.292 e. The Morgan fingerprint density at radius 3 is 2.67 bits per heavy atom. The van der Waals surface area contributed by atoms with E-state index in [-0.39, 0.29) is 11.7 Å². The van der Waals surface area contributed by atoms with Crippen LogP contribution in [0.25, 0.3) is 0 Å². The summed E-state index contributed by atoms with van der Waals surface area (Å²) in [5.41, 5.74) is 3.01. The lowest BCUT2D eigenvalue weighted by Crippen LogP contribution is -2.11. The maximum absolute atomic E-state index is 12.4. The molecule has 0 bridgehead atoms. The van der Waals surface area contributed by atoms with Gasteiger partial charge in [-0.3, -0.25) is 9.48 Å². The molecule has 0 spiro atoms. The van der Waals surface area contributed by atoms with Crippen LogP contribution in [0, 0.1) is 12.8 Å². The number of carbonyl (C=O) groups excluding carboxylic acids is 1. The third-order valence-electron chi connectivity index (χ3n) is 3.71. The summed E-state index contributed by atoms with van der Waals surface area (Å²) in [5, 5.41) is 4.14. The summed E-state index contributed by atoms with van der Waals surface area (Å²) in [5.74, 6) is 0.774. The van der Waals surface area contributed by atoms with E-state index in [9.17, 15) is 4.79 Å². The second kappa shape index (κ2) is 4.09. The van der Waals surface area contributed by atoms with Crippen molar-refractivity contribution in [3.8, 4) is 0 Å². The van der Waals surface area contributed by atoms with E-state index < -0.39 is 0 Å². The normalized spacial score (nSPS) is 21.9. The van der Waals surface area contributed by atoms with Gasteiger partial charge in [0.05, 0.1) is 6.20 Å². The van der Waals surface area contributed by atoms with Crippen molar-refractivity contribution in [2.45, 2.75) is 19.3 Å². The van der Waals surface area contributed by atoms with Gasteiger partial charge in [0.25, 0.3) is 0 Å². The van der Waals surface area contributed by atoms with Crippen LogP contribution < -0.4 is 0 Å². The Hall–Kier alpha value is -1.90. The van der Waals surface area contributed by atoms with Gasteiger partial charge in [-0.2, -0.15) is 5.10 Å². The molecule has 1 saturated carbocycles. The molecule has 0 radical (unpaired) electrons. The Bertz CT molecular complexity index is 566. The number of ketones is 1. The van der Waals surface area contributed by atoms with Crippen molar-refractivity contribution in [2.24, 2.45) is 13.0 Å². The highest BCUT2D eigenvalue weighted by Crippen LogP contribution is 2.49. The van der Waals surface area contributed by atoms with Gasteiger partial charge in [0.1, 0.15) is 5.69 Å². The van der Waals surface area contributed by atoms with Gasteiger partial charge in [-0.1, -0.05) is 30.3 Å². The molecule has 2 unspecified atom stereocenters.